The van der Waals surface area contributed by atoms with Crippen LogP contribution in [0.1, 0.15) is 17.3 Å². The van der Waals surface area contributed by atoms with Gasteiger partial charge in [-0.15, -0.1) is 0 Å². The Bertz CT molecular complexity index is 627. The molecule has 0 aliphatic rings. The molecule has 0 saturated heterocycles. The first-order valence-corrected chi connectivity index (χ1v) is 7.61. The fraction of sp³-hybridized carbons (Fsp3) is 0.364. The first-order chi connectivity index (χ1) is 9.26. The normalized spacial score (nSPS) is 11.1. The highest BCUT2D eigenvalue weighted by Crippen LogP contribution is 2.25. The number of hydrogen-bond donors (Lipinski definition) is 2. The van der Waals surface area contributed by atoms with Crippen molar-refractivity contribution < 1.29 is 18.1 Å². The van der Waals surface area contributed by atoms with E-state index in [1.54, 1.807) is 0 Å². The summed E-state index contributed by atoms with van der Waals surface area (Å²) in [7, 11) is -3.15. The minimum atomic E-state index is -3.15. The van der Waals surface area contributed by atoms with E-state index in [1.165, 1.54) is 19.1 Å². The molecular formula is C11H15N3O5S. The molecule has 0 aromatic heterocycles. The molecule has 0 aliphatic heterocycles. The van der Waals surface area contributed by atoms with Crippen LogP contribution in [0.3, 0.4) is 0 Å². The number of nitro benzene ring substituents is 1. The molecular weight excluding hydrogens is 286 g/mol. The van der Waals surface area contributed by atoms with Crippen LogP contribution < -0.4 is 11.1 Å². The summed E-state index contributed by atoms with van der Waals surface area (Å²) in [5.41, 5.74) is 4.88. The highest BCUT2D eigenvalue weighted by atomic mass is 32.2. The monoisotopic (exact) mass is 301 g/mol. The van der Waals surface area contributed by atoms with Crippen LogP contribution in [0.5, 0.6) is 0 Å². The van der Waals surface area contributed by atoms with Crippen molar-refractivity contribution in [1.29, 1.82) is 0 Å². The predicted molar refractivity (Wildman–Crippen MR) is 74.4 cm³/mol. The number of primary amides is 1. The Morgan fingerprint density at radius 3 is 2.60 bits per heavy atom. The largest absolute Gasteiger partial charge is 0.378 e. The summed E-state index contributed by atoms with van der Waals surface area (Å²) in [6, 6.07) is 3.72. The number of carbonyl (C=O) groups is 1. The van der Waals surface area contributed by atoms with Crippen molar-refractivity contribution in [2.45, 2.75) is 6.92 Å². The smallest absolute Gasteiger partial charge is 0.293 e. The molecule has 0 unspecified atom stereocenters. The third-order valence-electron chi connectivity index (χ3n) is 2.65. The van der Waals surface area contributed by atoms with Crippen LogP contribution in [0.2, 0.25) is 0 Å². The Morgan fingerprint density at radius 1 is 1.45 bits per heavy atom. The number of hydrogen-bond acceptors (Lipinski definition) is 6. The Balaban J connectivity index is 2.90. The third kappa shape index (κ3) is 4.19. The number of anilines is 1. The lowest BCUT2D eigenvalue weighted by Gasteiger charge is -2.07. The second-order valence-electron chi connectivity index (χ2n) is 4.02. The summed E-state index contributed by atoms with van der Waals surface area (Å²) >= 11 is 0. The molecule has 0 heterocycles. The van der Waals surface area contributed by atoms with Gasteiger partial charge in [-0.2, -0.15) is 0 Å². The van der Waals surface area contributed by atoms with E-state index in [4.69, 9.17) is 5.73 Å². The minimum absolute atomic E-state index is 0.0113. The number of benzene rings is 1. The second kappa shape index (κ2) is 6.33. The van der Waals surface area contributed by atoms with Crippen LogP contribution >= 0.6 is 0 Å². The Kier molecular flexibility index (Phi) is 5.03. The number of amides is 1. The summed E-state index contributed by atoms with van der Waals surface area (Å²) in [5.74, 6) is -0.886. The molecule has 0 radical (unpaired) electrons. The van der Waals surface area contributed by atoms with Crippen molar-refractivity contribution in [3.8, 4) is 0 Å². The van der Waals surface area contributed by atoms with Gasteiger partial charge < -0.3 is 11.1 Å². The number of nitrogens with one attached hydrogen (secondary N) is 1. The Hall–Kier alpha value is -2.16. The highest BCUT2D eigenvalue weighted by molar-refractivity contribution is 7.91. The molecule has 8 nitrogen and oxygen atoms in total. The maximum Gasteiger partial charge on any atom is 0.293 e. The first kappa shape index (κ1) is 15.9. The van der Waals surface area contributed by atoms with Gasteiger partial charge in [-0.05, 0) is 12.1 Å². The van der Waals surface area contributed by atoms with E-state index in [1.807, 2.05) is 0 Å². The second-order valence-corrected chi connectivity index (χ2v) is 6.49. The molecule has 0 saturated carbocycles. The molecule has 0 fully saturated rings. The van der Waals surface area contributed by atoms with E-state index in [0.717, 1.165) is 6.07 Å². The lowest BCUT2D eigenvalue weighted by Crippen LogP contribution is -2.18. The zero-order valence-electron chi connectivity index (χ0n) is 10.8. The first-order valence-electron chi connectivity index (χ1n) is 5.79. The molecule has 20 heavy (non-hydrogen) atoms. The maximum atomic E-state index is 11.3. The molecule has 3 N–H and O–H groups in total. The molecule has 1 amide bonds. The number of carbonyl (C=O) groups excluding carboxylic acids is 1. The van der Waals surface area contributed by atoms with Crippen molar-refractivity contribution in [3.63, 3.8) is 0 Å². The van der Waals surface area contributed by atoms with Crippen LogP contribution in [0.4, 0.5) is 11.4 Å². The van der Waals surface area contributed by atoms with Gasteiger partial charge in [0.2, 0.25) is 5.91 Å². The molecule has 0 bridgehead atoms. The van der Waals surface area contributed by atoms with Crippen LogP contribution in [-0.4, -0.2) is 37.3 Å². The zero-order chi connectivity index (χ0) is 15.3. The SMILES string of the molecule is CCS(=O)(=O)CCNc1ccc(C(N)=O)cc1[N+](=O)[O-]. The van der Waals surface area contributed by atoms with E-state index in [2.05, 4.69) is 5.32 Å². The number of sulfone groups is 1. The highest BCUT2D eigenvalue weighted by Gasteiger charge is 2.17. The summed E-state index contributed by atoms with van der Waals surface area (Å²) in [5, 5.41) is 13.6. The van der Waals surface area contributed by atoms with Gasteiger partial charge in [0, 0.05) is 23.9 Å². The summed E-state index contributed by atoms with van der Waals surface area (Å²) in [4.78, 5) is 21.2. The minimum Gasteiger partial charge on any atom is -0.378 e. The van der Waals surface area contributed by atoms with E-state index < -0.39 is 20.7 Å². The van der Waals surface area contributed by atoms with Crippen LogP contribution in [0.15, 0.2) is 18.2 Å². The fourth-order valence-corrected chi connectivity index (χ4v) is 2.17. The van der Waals surface area contributed by atoms with Crippen molar-refractivity contribution in [2.75, 3.05) is 23.4 Å². The van der Waals surface area contributed by atoms with Gasteiger partial charge in [-0.25, -0.2) is 8.42 Å². The van der Waals surface area contributed by atoms with Gasteiger partial charge in [0.25, 0.3) is 5.69 Å². The van der Waals surface area contributed by atoms with Gasteiger partial charge in [0.1, 0.15) is 5.69 Å². The topological polar surface area (TPSA) is 132 Å². The molecule has 0 spiro atoms. The lowest BCUT2D eigenvalue weighted by molar-refractivity contribution is -0.384. The molecule has 0 atom stereocenters. The predicted octanol–water partition coefficient (Wildman–Crippen LogP) is 0.540. The van der Waals surface area contributed by atoms with Gasteiger partial charge in [0.15, 0.2) is 9.84 Å². The molecule has 1 aromatic rings. The molecule has 9 heteroatoms. The number of nitrogens with two attached hydrogens (primary N) is 1. The third-order valence-corrected chi connectivity index (χ3v) is 4.35. The van der Waals surface area contributed by atoms with Gasteiger partial charge in [-0.1, -0.05) is 6.92 Å². The lowest BCUT2D eigenvalue weighted by atomic mass is 10.1. The quantitative estimate of drug-likeness (QED) is 0.558. The van der Waals surface area contributed by atoms with Crippen LogP contribution in [-0.2, 0) is 9.84 Å². The molecule has 0 aliphatic carbocycles. The van der Waals surface area contributed by atoms with E-state index in [-0.39, 0.29) is 35.0 Å². The van der Waals surface area contributed by atoms with Crippen molar-refractivity contribution >= 4 is 27.1 Å². The maximum absolute atomic E-state index is 11.3. The van der Waals surface area contributed by atoms with Gasteiger partial charge >= 0.3 is 0 Å². The molecule has 110 valence electrons. The number of nitrogens with zero attached hydrogens (tertiary/aromatic N) is 1. The van der Waals surface area contributed by atoms with Crippen LogP contribution in [0, 0.1) is 10.1 Å². The summed E-state index contributed by atoms with van der Waals surface area (Å²) < 4.78 is 22.6. The number of nitro groups is 1. The fourth-order valence-electron chi connectivity index (χ4n) is 1.47. The van der Waals surface area contributed by atoms with Gasteiger partial charge in [-0.3, -0.25) is 14.9 Å². The standard InChI is InChI=1S/C11H15N3O5S/c1-2-20(18,19)6-5-13-9-4-3-8(11(12)15)7-10(9)14(16)17/h3-4,7,13H,2,5-6H2,1H3,(H2,12,15). The van der Waals surface area contributed by atoms with Crippen molar-refractivity contribution in [2.24, 2.45) is 5.73 Å². The van der Waals surface area contributed by atoms with Crippen molar-refractivity contribution in [1.82, 2.24) is 0 Å². The van der Waals surface area contributed by atoms with Crippen LogP contribution in [0.25, 0.3) is 0 Å². The summed E-state index contributed by atoms with van der Waals surface area (Å²) in [6.07, 6.45) is 0. The Morgan fingerprint density at radius 2 is 2.10 bits per heavy atom. The van der Waals surface area contributed by atoms with E-state index in [0.29, 0.717) is 0 Å². The average molecular weight is 301 g/mol. The number of rotatable bonds is 7. The van der Waals surface area contributed by atoms with Gasteiger partial charge in [0.05, 0.1) is 10.7 Å². The van der Waals surface area contributed by atoms with Crippen molar-refractivity contribution in [3.05, 3.63) is 33.9 Å². The van der Waals surface area contributed by atoms with E-state index in [9.17, 15) is 23.3 Å². The molecule has 1 aromatic carbocycles. The average Bonchev–Trinajstić information content (AvgIpc) is 2.38. The molecule has 1 rings (SSSR count). The summed E-state index contributed by atoms with van der Waals surface area (Å²) in [6.45, 7) is 1.58. The zero-order valence-corrected chi connectivity index (χ0v) is 11.6. The Labute approximate surface area is 116 Å². The van der Waals surface area contributed by atoms with E-state index >= 15 is 0 Å².